The van der Waals surface area contributed by atoms with E-state index in [2.05, 4.69) is 15.0 Å². The second-order valence-corrected chi connectivity index (χ2v) is 2.94. The van der Waals surface area contributed by atoms with Gasteiger partial charge in [-0.25, -0.2) is 4.98 Å². The number of pyridine rings is 1. The first-order valence-corrected chi connectivity index (χ1v) is 4.48. The lowest BCUT2D eigenvalue weighted by Crippen LogP contribution is -2.20. The van der Waals surface area contributed by atoms with E-state index >= 15 is 0 Å². The molecular weight excluding hydrogens is 228 g/mol. The number of hydrogen-bond acceptors (Lipinski definition) is 3. The Morgan fingerprint density at radius 1 is 1.31 bits per heavy atom. The normalized spacial score (nSPS) is 11.5. The van der Waals surface area contributed by atoms with E-state index in [0.29, 0.717) is 0 Å². The zero-order valence-corrected chi connectivity index (χ0v) is 8.22. The molecule has 0 radical (unpaired) electrons. The van der Waals surface area contributed by atoms with Crippen LogP contribution in [0.25, 0.3) is 0 Å². The Kier molecular flexibility index (Phi) is 4.48. The van der Waals surface area contributed by atoms with Crippen molar-refractivity contribution in [2.75, 3.05) is 25.1 Å². The summed E-state index contributed by atoms with van der Waals surface area (Å²) in [5, 5.41) is 2.63. The van der Waals surface area contributed by atoms with Gasteiger partial charge in [-0.2, -0.15) is 17.6 Å². The molecule has 1 aromatic heterocycles. The van der Waals surface area contributed by atoms with Crippen molar-refractivity contribution < 1.29 is 22.3 Å². The van der Waals surface area contributed by atoms with Crippen molar-refractivity contribution in [1.82, 2.24) is 4.98 Å². The van der Waals surface area contributed by atoms with Crippen molar-refractivity contribution in [2.24, 2.45) is 0 Å². The first-order chi connectivity index (χ1) is 7.47. The van der Waals surface area contributed by atoms with E-state index in [1.165, 1.54) is 18.2 Å². The maximum absolute atomic E-state index is 12.6. The summed E-state index contributed by atoms with van der Waals surface area (Å²) >= 11 is 0. The summed E-state index contributed by atoms with van der Waals surface area (Å²) < 4.78 is 51.9. The van der Waals surface area contributed by atoms with Gasteiger partial charge in [-0.05, 0) is 12.1 Å². The summed E-state index contributed by atoms with van der Waals surface area (Å²) in [5.74, 6) is -0.392. The van der Waals surface area contributed by atoms with Gasteiger partial charge in [0.15, 0.2) is 0 Å². The van der Waals surface area contributed by atoms with Gasteiger partial charge in [-0.1, -0.05) is 6.07 Å². The average Bonchev–Trinajstić information content (AvgIpc) is 2.15. The van der Waals surface area contributed by atoms with E-state index in [0.717, 1.165) is 0 Å². The van der Waals surface area contributed by atoms with Crippen molar-refractivity contribution in [3.63, 3.8) is 0 Å². The zero-order chi connectivity index (χ0) is 12.0. The Morgan fingerprint density at radius 3 is 2.69 bits per heavy atom. The summed E-state index contributed by atoms with van der Waals surface area (Å²) in [4.78, 5) is 3.46. The van der Waals surface area contributed by atoms with Gasteiger partial charge in [0.05, 0.1) is 6.61 Å². The molecule has 1 aromatic rings. The van der Waals surface area contributed by atoms with Crippen LogP contribution in [0.15, 0.2) is 18.2 Å². The van der Waals surface area contributed by atoms with Gasteiger partial charge >= 0.3 is 6.18 Å². The maximum atomic E-state index is 12.6. The van der Waals surface area contributed by atoms with Crippen molar-refractivity contribution >= 4 is 5.82 Å². The molecule has 0 aliphatic rings. The standard InChI is InChI=1S/C9H10F4N2O/c10-7-2-1-3-8(15-7)14-4-5-16-6-9(11,12)13/h1-3H,4-6H2,(H,14,15). The van der Waals surface area contributed by atoms with Crippen molar-refractivity contribution in [3.05, 3.63) is 24.1 Å². The molecule has 1 heterocycles. The van der Waals surface area contributed by atoms with E-state index in [-0.39, 0.29) is 19.0 Å². The molecule has 0 saturated heterocycles. The molecule has 0 fully saturated rings. The number of rotatable bonds is 5. The highest BCUT2D eigenvalue weighted by atomic mass is 19.4. The van der Waals surface area contributed by atoms with E-state index in [1.807, 2.05) is 0 Å². The van der Waals surface area contributed by atoms with Gasteiger partial charge in [0.25, 0.3) is 0 Å². The predicted octanol–water partition coefficient (Wildman–Crippen LogP) is 2.21. The lowest BCUT2D eigenvalue weighted by molar-refractivity contribution is -0.172. The number of nitrogens with one attached hydrogen (secondary N) is 1. The van der Waals surface area contributed by atoms with E-state index in [1.54, 1.807) is 0 Å². The third-order valence-electron chi connectivity index (χ3n) is 1.53. The van der Waals surface area contributed by atoms with Crippen LogP contribution in [0.2, 0.25) is 0 Å². The molecular formula is C9H10F4N2O. The lowest BCUT2D eigenvalue weighted by Gasteiger charge is -2.08. The lowest BCUT2D eigenvalue weighted by atomic mass is 10.4. The third-order valence-corrected chi connectivity index (χ3v) is 1.53. The van der Waals surface area contributed by atoms with Gasteiger partial charge < -0.3 is 10.1 Å². The molecule has 0 saturated carbocycles. The van der Waals surface area contributed by atoms with Crippen molar-refractivity contribution in [1.29, 1.82) is 0 Å². The van der Waals surface area contributed by atoms with Crippen LogP contribution in [0.3, 0.4) is 0 Å². The Bertz CT molecular complexity index is 330. The quantitative estimate of drug-likeness (QED) is 0.485. The molecule has 0 spiro atoms. The molecule has 3 nitrogen and oxygen atoms in total. The van der Waals surface area contributed by atoms with E-state index in [4.69, 9.17) is 0 Å². The number of aromatic nitrogens is 1. The minimum absolute atomic E-state index is 0.127. The van der Waals surface area contributed by atoms with Crippen LogP contribution in [0.5, 0.6) is 0 Å². The molecule has 0 aromatic carbocycles. The summed E-state index contributed by atoms with van der Waals surface area (Å²) in [6, 6.07) is 4.12. The highest BCUT2D eigenvalue weighted by molar-refractivity contribution is 5.33. The van der Waals surface area contributed by atoms with Crippen LogP contribution < -0.4 is 5.32 Å². The Hall–Kier alpha value is -1.37. The van der Waals surface area contributed by atoms with Crippen LogP contribution >= 0.6 is 0 Å². The molecule has 0 amide bonds. The summed E-state index contributed by atoms with van der Waals surface area (Å²) in [5.41, 5.74) is 0. The van der Waals surface area contributed by atoms with Crippen molar-refractivity contribution in [3.8, 4) is 0 Å². The van der Waals surface area contributed by atoms with E-state index < -0.39 is 18.7 Å². The summed E-state index contributed by atoms with van der Waals surface area (Å²) in [6.45, 7) is -1.28. The van der Waals surface area contributed by atoms with Gasteiger partial charge in [0, 0.05) is 6.54 Å². The molecule has 0 unspecified atom stereocenters. The average molecular weight is 238 g/mol. The molecule has 1 N–H and O–H groups in total. The SMILES string of the molecule is Fc1cccc(NCCOCC(F)(F)F)n1. The van der Waals surface area contributed by atoms with Crippen LogP contribution in [0.1, 0.15) is 0 Å². The fraction of sp³-hybridized carbons (Fsp3) is 0.444. The van der Waals surface area contributed by atoms with Gasteiger partial charge in [-0.15, -0.1) is 0 Å². The number of alkyl halides is 3. The summed E-state index contributed by atoms with van der Waals surface area (Å²) in [6.07, 6.45) is -4.32. The van der Waals surface area contributed by atoms with Gasteiger partial charge in [0.2, 0.25) is 5.95 Å². The fourth-order valence-corrected chi connectivity index (χ4v) is 0.946. The van der Waals surface area contributed by atoms with Gasteiger partial charge in [-0.3, -0.25) is 0 Å². The number of hydrogen-bond donors (Lipinski definition) is 1. The molecule has 0 aliphatic carbocycles. The topological polar surface area (TPSA) is 34.1 Å². The van der Waals surface area contributed by atoms with E-state index in [9.17, 15) is 17.6 Å². The number of halogens is 4. The van der Waals surface area contributed by atoms with Gasteiger partial charge in [0.1, 0.15) is 12.4 Å². The number of ether oxygens (including phenoxy) is 1. The Labute approximate surface area is 89.4 Å². The molecule has 16 heavy (non-hydrogen) atoms. The second-order valence-electron chi connectivity index (χ2n) is 2.94. The van der Waals surface area contributed by atoms with Crippen LogP contribution in [0, 0.1) is 5.95 Å². The molecule has 0 aliphatic heterocycles. The molecule has 7 heteroatoms. The Balaban J connectivity index is 2.17. The third kappa shape index (κ3) is 5.50. The minimum atomic E-state index is -4.32. The highest BCUT2D eigenvalue weighted by Crippen LogP contribution is 2.14. The monoisotopic (exact) mass is 238 g/mol. The zero-order valence-electron chi connectivity index (χ0n) is 8.22. The first kappa shape index (κ1) is 12.7. The molecule has 0 atom stereocenters. The van der Waals surface area contributed by atoms with Crippen LogP contribution in [0.4, 0.5) is 23.4 Å². The molecule has 1 rings (SSSR count). The number of nitrogens with zero attached hydrogens (tertiary/aromatic N) is 1. The Morgan fingerprint density at radius 2 is 2.06 bits per heavy atom. The largest absolute Gasteiger partial charge is 0.411 e. The molecule has 0 bridgehead atoms. The maximum Gasteiger partial charge on any atom is 0.411 e. The fourth-order valence-electron chi connectivity index (χ4n) is 0.946. The van der Waals surface area contributed by atoms with Crippen LogP contribution in [-0.4, -0.2) is 30.9 Å². The highest BCUT2D eigenvalue weighted by Gasteiger charge is 2.27. The second kappa shape index (κ2) is 5.64. The summed E-state index contributed by atoms with van der Waals surface area (Å²) in [7, 11) is 0. The van der Waals surface area contributed by atoms with Crippen LogP contribution in [-0.2, 0) is 4.74 Å². The molecule has 90 valence electrons. The number of anilines is 1. The smallest absolute Gasteiger partial charge is 0.370 e. The first-order valence-electron chi connectivity index (χ1n) is 4.48. The van der Waals surface area contributed by atoms with Crippen molar-refractivity contribution in [2.45, 2.75) is 6.18 Å². The minimum Gasteiger partial charge on any atom is -0.370 e. The predicted molar refractivity (Wildman–Crippen MR) is 49.6 cm³/mol.